The normalized spacial score (nSPS) is 11.2. The Morgan fingerprint density at radius 3 is 2.36 bits per heavy atom. The van der Waals surface area contributed by atoms with Gasteiger partial charge < -0.3 is 15.0 Å². The van der Waals surface area contributed by atoms with Gasteiger partial charge in [-0.05, 0) is 55.4 Å². The summed E-state index contributed by atoms with van der Waals surface area (Å²) >= 11 is 0. The second kappa shape index (κ2) is 10.9. The highest BCUT2D eigenvalue weighted by Gasteiger charge is 2.10. The van der Waals surface area contributed by atoms with E-state index in [2.05, 4.69) is 59.2 Å². The predicted molar refractivity (Wildman–Crippen MR) is 135 cm³/mol. The fourth-order valence-electron chi connectivity index (χ4n) is 3.79. The van der Waals surface area contributed by atoms with Crippen LogP contribution in [0.15, 0.2) is 66.9 Å². The number of aromatic nitrogens is 3. The van der Waals surface area contributed by atoms with Crippen molar-refractivity contribution < 1.29 is 4.74 Å². The molecule has 0 amide bonds. The zero-order chi connectivity index (χ0) is 23.0. The summed E-state index contributed by atoms with van der Waals surface area (Å²) in [5.41, 5.74) is 4.92. The van der Waals surface area contributed by atoms with Crippen LogP contribution in [0.5, 0.6) is 5.75 Å². The van der Waals surface area contributed by atoms with E-state index < -0.39 is 0 Å². The molecule has 2 aromatic heterocycles. The standard InChI is InChI=1S/C27H31N5O/c1-4-25-24(20-10-8-7-9-11-20)18-21-19-28-27(31-26(21)30-25)29-22-12-14-23(15-13-22)33-17-16-32(5-2)6-3/h7-15,18-19H,4-6,16-17H2,1-3H3,(H,28,29,30,31). The third-order valence-electron chi connectivity index (χ3n) is 5.75. The number of rotatable bonds is 10. The molecule has 2 aromatic carbocycles. The van der Waals surface area contributed by atoms with Crippen LogP contribution in [0.25, 0.3) is 22.2 Å². The lowest BCUT2D eigenvalue weighted by atomic mass is 10.0. The first kappa shape index (κ1) is 22.7. The van der Waals surface area contributed by atoms with E-state index in [4.69, 9.17) is 9.72 Å². The number of ether oxygens (including phenoxy) is 1. The Morgan fingerprint density at radius 1 is 0.909 bits per heavy atom. The fraction of sp³-hybridized carbons (Fsp3) is 0.296. The second-order valence-electron chi connectivity index (χ2n) is 7.83. The van der Waals surface area contributed by atoms with Crippen molar-refractivity contribution in [3.8, 4) is 16.9 Å². The smallest absolute Gasteiger partial charge is 0.229 e. The predicted octanol–water partition coefficient (Wildman–Crippen LogP) is 5.72. The summed E-state index contributed by atoms with van der Waals surface area (Å²) in [5, 5.41) is 4.20. The minimum Gasteiger partial charge on any atom is -0.492 e. The van der Waals surface area contributed by atoms with Gasteiger partial charge in [-0.25, -0.2) is 9.97 Å². The van der Waals surface area contributed by atoms with Crippen molar-refractivity contribution in [1.82, 2.24) is 19.9 Å². The molecule has 0 saturated carbocycles. The van der Waals surface area contributed by atoms with Gasteiger partial charge in [0.15, 0.2) is 5.65 Å². The Labute approximate surface area is 195 Å². The van der Waals surface area contributed by atoms with Gasteiger partial charge in [0.2, 0.25) is 5.95 Å². The number of benzene rings is 2. The van der Waals surface area contributed by atoms with E-state index in [0.29, 0.717) is 18.2 Å². The maximum absolute atomic E-state index is 5.87. The zero-order valence-electron chi connectivity index (χ0n) is 19.6. The first-order chi connectivity index (χ1) is 16.2. The van der Waals surface area contributed by atoms with Crippen LogP contribution in [-0.2, 0) is 6.42 Å². The van der Waals surface area contributed by atoms with Crippen molar-refractivity contribution in [2.45, 2.75) is 27.2 Å². The fourth-order valence-corrected chi connectivity index (χ4v) is 3.79. The third kappa shape index (κ3) is 5.65. The highest BCUT2D eigenvalue weighted by Crippen LogP contribution is 2.27. The molecule has 0 spiro atoms. The Kier molecular flexibility index (Phi) is 7.47. The highest BCUT2D eigenvalue weighted by molar-refractivity contribution is 5.82. The number of hydrogen-bond acceptors (Lipinski definition) is 6. The van der Waals surface area contributed by atoms with Gasteiger partial charge >= 0.3 is 0 Å². The minimum atomic E-state index is 0.528. The van der Waals surface area contributed by atoms with E-state index in [1.807, 2.05) is 48.7 Å². The number of hydrogen-bond donors (Lipinski definition) is 1. The van der Waals surface area contributed by atoms with Crippen LogP contribution in [0.3, 0.4) is 0 Å². The number of aryl methyl sites for hydroxylation is 1. The number of nitrogens with zero attached hydrogens (tertiary/aromatic N) is 4. The summed E-state index contributed by atoms with van der Waals surface area (Å²) in [6, 6.07) is 20.3. The van der Waals surface area contributed by atoms with Crippen molar-refractivity contribution in [1.29, 1.82) is 0 Å². The van der Waals surface area contributed by atoms with Gasteiger partial charge in [0.25, 0.3) is 0 Å². The number of pyridine rings is 1. The average Bonchev–Trinajstić information content (AvgIpc) is 2.87. The molecule has 0 aliphatic carbocycles. The van der Waals surface area contributed by atoms with Gasteiger partial charge in [-0.1, -0.05) is 51.1 Å². The van der Waals surface area contributed by atoms with E-state index in [1.165, 1.54) is 0 Å². The Bertz CT molecular complexity index is 1170. The van der Waals surface area contributed by atoms with Crippen LogP contribution in [0.1, 0.15) is 26.5 Å². The van der Waals surface area contributed by atoms with E-state index in [0.717, 1.165) is 59.7 Å². The molecule has 0 unspecified atom stereocenters. The summed E-state index contributed by atoms with van der Waals surface area (Å²) in [6.45, 7) is 10.1. The third-order valence-corrected chi connectivity index (χ3v) is 5.75. The van der Waals surface area contributed by atoms with Crippen molar-refractivity contribution in [3.63, 3.8) is 0 Å². The summed E-state index contributed by atoms with van der Waals surface area (Å²) in [4.78, 5) is 16.3. The molecule has 0 fully saturated rings. The van der Waals surface area contributed by atoms with E-state index >= 15 is 0 Å². The van der Waals surface area contributed by atoms with E-state index in [-0.39, 0.29) is 0 Å². The highest BCUT2D eigenvalue weighted by atomic mass is 16.5. The minimum absolute atomic E-state index is 0.528. The van der Waals surface area contributed by atoms with Crippen LogP contribution in [0.2, 0.25) is 0 Å². The number of anilines is 2. The van der Waals surface area contributed by atoms with Crippen LogP contribution < -0.4 is 10.1 Å². The Morgan fingerprint density at radius 2 is 1.67 bits per heavy atom. The monoisotopic (exact) mass is 441 g/mol. The average molecular weight is 442 g/mol. The molecule has 0 saturated heterocycles. The molecule has 0 radical (unpaired) electrons. The van der Waals surface area contributed by atoms with Gasteiger partial charge in [0, 0.05) is 29.4 Å². The summed E-state index contributed by atoms with van der Waals surface area (Å²) in [6.07, 6.45) is 2.66. The van der Waals surface area contributed by atoms with Crippen molar-refractivity contribution in [2.24, 2.45) is 0 Å². The molecule has 6 heteroatoms. The molecule has 2 heterocycles. The largest absolute Gasteiger partial charge is 0.492 e. The van der Waals surface area contributed by atoms with E-state index in [1.54, 1.807) is 0 Å². The molecule has 0 bridgehead atoms. The van der Waals surface area contributed by atoms with Crippen LogP contribution in [-0.4, -0.2) is 46.1 Å². The Balaban J connectivity index is 1.46. The van der Waals surface area contributed by atoms with Crippen molar-refractivity contribution in [2.75, 3.05) is 31.6 Å². The topological polar surface area (TPSA) is 63.2 Å². The van der Waals surface area contributed by atoms with Crippen molar-refractivity contribution in [3.05, 3.63) is 72.6 Å². The molecule has 0 aliphatic heterocycles. The van der Waals surface area contributed by atoms with E-state index in [9.17, 15) is 0 Å². The lowest BCUT2D eigenvalue weighted by Crippen LogP contribution is -2.27. The molecule has 33 heavy (non-hydrogen) atoms. The lowest BCUT2D eigenvalue weighted by molar-refractivity contribution is 0.223. The molecule has 0 aliphatic rings. The molecule has 4 aromatic rings. The van der Waals surface area contributed by atoms with Gasteiger partial charge in [0.05, 0.1) is 5.69 Å². The van der Waals surface area contributed by atoms with Gasteiger partial charge in [-0.15, -0.1) is 0 Å². The van der Waals surface area contributed by atoms with Crippen LogP contribution in [0, 0.1) is 0 Å². The molecule has 4 rings (SSSR count). The first-order valence-electron chi connectivity index (χ1n) is 11.6. The maximum atomic E-state index is 5.87. The number of likely N-dealkylation sites (N-methyl/N-ethyl adjacent to an activating group) is 1. The van der Waals surface area contributed by atoms with Gasteiger partial charge in [-0.3, -0.25) is 0 Å². The maximum Gasteiger partial charge on any atom is 0.229 e. The summed E-state index contributed by atoms with van der Waals surface area (Å²) < 4.78 is 5.87. The summed E-state index contributed by atoms with van der Waals surface area (Å²) in [5.74, 6) is 1.38. The Hall–Kier alpha value is -3.51. The zero-order valence-corrected chi connectivity index (χ0v) is 19.6. The first-order valence-corrected chi connectivity index (χ1v) is 11.6. The van der Waals surface area contributed by atoms with Gasteiger partial charge in [-0.2, -0.15) is 4.98 Å². The SMILES string of the molecule is CCc1nc2nc(Nc3ccc(OCCN(CC)CC)cc3)ncc2cc1-c1ccccc1. The molecule has 6 nitrogen and oxygen atoms in total. The summed E-state index contributed by atoms with van der Waals surface area (Å²) in [7, 11) is 0. The second-order valence-corrected chi connectivity index (χ2v) is 7.83. The molecule has 1 N–H and O–H groups in total. The van der Waals surface area contributed by atoms with Gasteiger partial charge in [0.1, 0.15) is 12.4 Å². The quantitative estimate of drug-likeness (QED) is 0.340. The number of fused-ring (bicyclic) bond motifs is 1. The van der Waals surface area contributed by atoms with Crippen LogP contribution >= 0.6 is 0 Å². The molecule has 170 valence electrons. The molecule has 0 atom stereocenters. The van der Waals surface area contributed by atoms with Crippen LogP contribution in [0.4, 0.5) is 11.6 Å². The lowest BCUT2D eigenvalue weighted by Gasteiger charge is -2.18. The van der Waals surface area contributed by atoms with Crippen molar-refractivity contribution >= 4 is 22.7 Å². The molecular weight excluding hydrogens is 410 g/mol. The number of nitrogens with one attached hydrogen (secondary N) is 1. The molecular formula is C27H31N5O.